The van der Waals surface area contributed by atoms with Crippen LogP contribution in [0.5, 0.6) is 0 Å². The van der Waals surface area contributed by atoms with Gasteiger partial charge >= 0.3 is 5.97 Å². The highest BCUT2D eigenvalue weighted by Crippen LogP contribution is 2.28. The Morgan fingerprint density at radius 3 is 2.76 bits per heavy atom. The van der Waals surface area contributed by atoms with E-state index in [-0.39, 0.29) is 36.5 Å². The van der Waals surface area contributed by atoms with Gasteiger partial charge in [0.2, 0.25) is 11.8 Å². The molecule has 1 fully saturated rings. The molecule has 1 aromatic carbocycles. The normalized spacial score (nSPS) is 16.8. The Labute approximate surface area is 148 Å². The number of carbonyl (C=O) groups is 3. The molecule has 1 atom stereocenters. The summed E-state index contributed by atoms with van der Waals surface area (Å²) in [7, 11) is 0. The number of rotatable bonds is 8. The smallest absolute Gasteiger partial charge is 0.305 e. The van der Waals surface area contributed by atoms with Crippen LogP contribution in [-0.4, -0.2) is 37.5 Å². The molecule has 1 saturated heterocycles. The summed E-state index contributed by atoms with van der Waals surface area (Å²) in [6.45, 7) is 4.99. The van der Waals surface area contributed by atoms with Crippen LogP contribution >= 0.6 is 0 Å². The van der Waals surface area contributed by atoms with Crippen molar-refractivity contribution in [2.75, 3.05) is 24.6 Å². The van der Waals surface area contributed by atoms with Gasteiger partial charge in [-0.1, -0.05) is 25.1 Å². The van der Waals surface area contributed by atoms with Gasteiger partial charge in [-0.25, -0.2) is 0 Å². The van der Waals surface area contributed by atoms with Gasteiger partial charge < -0.3 is 15.0 Å². The van der Waals surface area contributed by atoms with Gasteiger partial charge in [0.25, 0.3) is 0 Å². The van der Waals surface area contributed by atoms with Gasteiger partial charge in [-0.05, 0) is 31.4 Å². The summed E-state index contributed by atoms with van der Waals surface area (Å²) in [5.41, 5.74) is 2.00. The Bertz CT molecular complexity index is 630. The minimum atomic E-state index is -0.347. The molecule has 0 saturated carbocycles. The predicted octanol–water partition coefficient (Wildman–Crippen LogP) is 2.06. The van der Waals surface area contributed by atoms with Crippen molar-refractivity contribution in [3.63, 3.8) is 0 Å². The number of aryl methyl sites for hydroxylation is 1. The number of ether oxygens (including phenoxy) is 1. The molecule has 6 nitrogen and oxygen atoms in total. The van der Waals surface area contributed by atoms with Crippen molar-refractivity contribution in [3.05, 3.63) is 29.8 Å². The molecule has 0 radical (unpaired) electrons. The SMILES string of the molecule is CCOC(=O)CCCNC(=O)C1CC(=O)N(c2ccccc2CC)C1. The van der Waals surface area contributed by atoms with E-state index in [1.165, 1.54) is 0 Å². The van der Waals surface area contributed by atoms with Gasteiger partial charge in [0.15, 0.2) is 0 Å². The maximum Gasteiger partial charge on any atom is 0.305 e. The van der Waals surface area contributed by atoms with Gasteiger partial charge in [0, 0.05) is 31.6 Å². The minimum absolute atomic E-state index is 0.0208. The zero-order valence-electron chi connectivity index (χ0n) is 14.9. The van der Waals surface area contributed by atoms with E-state index in [0.717, 1.165) is 17.7 Å². The van der Waals surface area contributed by atoms with Gasteiger partial charge in [0.05, 0.1) is 12.5 Å². The topological polar surface area (TPSA) is 75.7 Å². The largest absolute Gasteiger partial charge is 0.466 e. The molecule has 0 aliphatic carbocycles. The third-order valence-electron chi connectivity index (χ3n) is 4.32. The first-order valence-electron chi connectivity index (χ1n) is 8.88. The van der Waals surface area contributed by atoms with Crippen molar-refractivity contribution in [1.29, 1.82) is 0 Å². The second-order valence-electron chi connectivity index (χ2n) is 6.09. The molecule has 1 aliphatic rings. The Balaban J connectivity index is 1.85. The lowest BCUT2D eigenvalue weighted by Gasteiger charge is -2.20. The number of hydrogen-bond acceptors (Lipinski definition) is 4. The summed E-state index contributed by atoms with van der Waals surface area (Å²) in [4.78, 5) is 37.6. The van der Waals surface area contributed by atoms with Crippen molar-refractivity contribution in [3.8, 4) is 0 Å². The predicted molar refractivity (Wildman–Crippen MR) is 95.2 cm³/mol. The summed E-state index contributed by atoms with van der Waals surface area (Å²) in [6, 6.07) is 7.79. The summed E-state index contributed by atoms with van der Waals surface area (Å²) < 4.78 is 4.84. The number of anilines is 1. The monoisotopic (exact) mass is 346 g/mol. The van der Waals surface area contributed by atoms with Crippen LogP contribution in [0.15, 0.2) is 24.3 Å². The lowest BCUT2D eigenvalue weighted by molar-refractivity contribution is -0.143. The van der Waals surface area contributed by atoms with Crippen molar-refractivity contribution in [2.24, 2.45) is 5.92 Å². The van der Waals surface area contributed by atoms with Crippen LogP contribution in [0.1, 0.15) is 38.7 Å². The minimum Gasteiger partial charge on any atom is -0.466 e. The molecule has 0 bridgehead atoms. The third-order valence-corrected chi connectivity index (χ3v) is 4.32. The quantitative estimate of drug-likeness (QED) is 0.577. The molecule has 6 heteroatoms. The highest BCUT2D eigenvalue weighted by Gasteiger charge is 2.35. The van der Waals surface area contributed by atoms with E-state index in [4.69, 9.17) is 4.74 Å². The first kappa shape index (κ1) is 19.0. The number of nitrogens with one attached hydrogen (secondary N) is 1. The Morgan fingerprint density at radius 1 is 1.28 bits per heavy atom. The summed E-state index contributed by atoms with van der Waals surface area (Å²) in [6.07, 6.45) is 1.88. The molecule has 1 aliphatic heterocycles. The molecule has 0 aromatic heterocycles. The van der Waals surface area contributed by atoms with Crippen LogP contribution in [0.25, 0.3) is 0 Å². The van der Waals surface area contributed by atoms with Crippen molar-refractivity contribution < 1.29 is 19.1 Å². The van der Waals surface area contributed by atoms with Gasteiger partial charge in [-0.2, -0.15) is 0 Å². The van der Waals surface area contributed by atoms with E-state index < -0.39 is 0 Å². The molecule has 136 valence electrons. The average Bonchev–Trinajstić information content (AvgIpc) is 3.00. The van der Waals surface area contributed by atoms with E-state index >= 15 is 0 Å². The number of carbonyl (C=O) groups excluding carboxylic acids is 3. The van der Waals surface area contributed by atoms with Crippen molar-refractivity contribution in [2.45, 2.75) is 39.5 Å². The van der Waals surface area contributed by atoms with Crippen LogP contribution in [0, 0.1) is 5.92 Å². The van der Waals surface area contributed by atoms with Gasteiger partial charge in [-0.3, -0.25) is 14.4 Å². The third kappa shape index (κ3) is 5.05. The van der Waals surface area contributed by atoms with Crippen LogP contribution in [-0.2, 0) is 25.5 Å². The Morgan fingerprint density at radius 2 is 2.04 bits per heavy atom. The number of para-hydroxylation sites is 1. The van der Waals surface area contributed by atoms with Crippen LogP contribution < -0.4 is 10.2 Å². The number of nitrogens with zero attached hydrogens (tertiary/aromatic N) is 1. The summed E-state index contributed by atoms with van der Waals surface area (Å²) in [5, 5.41) is 2.82. The summed E-state index contributed by atoms with van der Waals surface area (Å²) >= 11 is 0. The maximum atomic E-state index is 12.3. The molecule has 25 heavy (non-hydrogen) atoms. The Hall–Kier alpha value is -2.37. The van der Waals surface area contributed by atoms with Crippen molar-refractivity contribution >= 4 is 23.5 Å². The lowest BCUT2D eigenvalue weighted by Crippen LogP contribution is -2.33. The molecule has 1 heterocycles. The fourth-order valence-electron chi connectivity index (χ4n) is 3.01. The number of esters is 1. The Kier molecular flexibility index (Phi) is 6.98. The van der Waals surface area contributed by atoms with Crippen molar-refractivity contribution in [1.82, 2.24) is 5.32 Å². The molecular weight excluding hydrogens is 320 g/mol. The first-order valence-corrected chi connectivity index (χ1v) is 8.88. The van der Waals surface area contributed by atoms with Gasteiger partial charge in [-0.15, -0.1) is 0 Å². The van der Waals surface area contributed by atoms with E-state index in [1.54, 1.807) is 11.8 Å². The average molecular weight is 346 g/mol. The molecule has 0 spiro atoms. The molecule has 1 unspecified atom stereocenters. The lowest BCUT2D eigenvalue weighted by atomic mass is 10.1. The zero-order valence-corrected chi connectivity index (χ0v) is 14.9. The van der Waals surface area contributed by atoms with E-state index in [2.05, 4.69) is 5.32 Å². The first-order chi connectivity index (χ1) is 12.1. The van der Waals surface area contributed by atoms with E-state index in [0.29, 0.717) is 26.1 Å². The van der Waals surface area contributed by atoms with Crippen LogP contribution in [0.3, 0.4) is 0 Å². The van der Waals surface area contributed by atoms with E-state index in [9.17, 15) is 14.4 Å². The fraction of sp³-hybridized carbons (Fsp3) is 0.526. The summed E-state index contributed by atoms with van der Waals surface area (Å²) in [5.74, 6) is -0.753. The highest BCUT2D eigenvalue weighted by molar-refractivity contribution is 6.00. The standard InChI is InChI=1S/C19H26N2O4/c1-3-14-8-5-6-9-16(14)21-13-15(12-17(21)22)19(24)20-11-7-10-18(23)25-4-2/h5-6,8-9,15H,3-4,7,10-13H2,1-2H3,(H,20,24). The maximum absolute atomic E-state index is 12.3. The number of benzene rings is 1. The fourth-order valence-corrected chi connectivity index (χ4v) is 3.01. The second-order valence-corrected chi connectivity index (χ2v) is 6.09. The zero-order chi connectivity index (χ0) is 18.2. The molecule has 1 aromatic rings. The molecular formula is C19H26N2O4. The van der Waals surface area contributed by atoms with Crippen LogP contribution in [0.2, 0.25) is 0 Å². The van der Waals surface area contributed by atoms with Crippen LogP contribution in [0.4, 0.5) is 5.69 Å². The molecule has 2 rings (SSSR count). The second kappa shape index (κ2) is 9.20. The molecule has 1 N–H and O–H groups in total. The number of amides is 2. The highest BCUT2D eigenvalue weighted by atomic mass is 16.5. The van der Waals surface area contributed by atoms with E-state index in [1.807, 2.05) is 31.2 Å². The number of hydrogen-bond donors (Lipinski definition) is 1. The molecule has 2 amide bonds. The van der Waals surface area contributed by atoms with Gasteiger partial charge in [0.1, 0.15) is 0 Å².